The second-order valence-electron chi connectivity index (χ2n) is 13.1. The van der Waals surface area contributed by atoms with E-state index < -0.39 is 36.3 Å². The van der Waals surface area contributed by atoms with E-state index in [1.54, 1.807) is 13.2 Å². The lowest BCUT2D eigenvalue weighted by Crippen LogP contribution is -2.60. The first-order chi connectivity index (χ1) is 18.0. The van der Waals surface area contributed by atoms with E-state index in [-0.39, 0.29) is 34.4 Å². The highest BCUT2D eigenvalue weighted by Gasteiger charge is 2.66. The monoisotopic (exact) mass is 530 g/mol. The fraction of sp³-hybridized carbons (Fsp3) is 0.767. The molecule has 1 saturated heterocycles. The molecule has 0 aromatic carbocycles. The largest absolute Gasteiger partial charge is 0.431 e. The average molecular weight is 531 g/mol. The molecule has 1 aromatic heterocycles. The van der Waals surface area contributed by atoms with Crippen LogP contribution in [0.5, 0.6) is 0 Å². The van der Waals surface area contributed by atoms with Crippen molar-refractivity contribution in [1.82, 2.24) is 0 Å². The van der Waals surface area contributed by atoms with Crippen LogP contribution in [0, 0.1) is 22.7 Å². The van der Waals surface area contributed by atoms with Gasteiger partial charge in [-0.1, -0.05) is 25.5 Å². The summed E-state index contributed by atoms with van der Waals surface area (Å²) in [6.07, 6.45) is 5.32. The maximum atomic E-state index is 12.4. The highest BCUT2D eigenvalue weighted by atomic mass is 16.7. The van der Waals surface area contributed by atoms with Crippen LogP contribution < -0.4 is 5.63 Å². The third-order valence-corrected chi connectivity index (χ3v) is 11.5. The zero-order chi connectivity index (χ0) is 27.0. The Labute approximate surface area is 223 Å². The molecule has 3 saturated carbocycles. The molecular weight excluding hydrogens is 488 g/mol. The minimum Gasteiger partial charge on any atom is -0.431 e. The van der Waals surface area contributed by atoms with Gasteiger partial charge in [-0.25, -0.2) is 4.79 Å². The smallest absolute Gasteiger partial charge is 0.335 e. The molecule has 6 rings (SSSR count). The van der Waals surface area contributed by atoms with E-state index in [9.17, 15) is 25.2 Å². The molecule has 8 nitrogen and oxygen atoms in total. The summed E-state index contributed by atoms with van der Waals surface area (Å²) in [6.45, 7) is 6.26. The predicted octanol–water partition coefficient (Wildman–Crippen LogP) is 3.01. The lowest BCUT2D eigenvalue weighted by atomic mass is 9.45. The minimum absolute atomic E-state index is 0.0213. The summed E-state index contributed by atoms with van der Waals surface area (Å²) >= 11 is 0. The third-order valence-electron chi connectivity index (χ3n) is 11.5. The summed E-state index contributed by atoms with van der Waals surface area (Å²) in [6, 6.07) is 3.36. The number of fused-ring (bicyclic) bond motifs is 5. The van der Waals surface area contributed by atoms with E-state index in [1.807, 2.05) is 6.07 Å². The van der Waals surface area contributed by atoms with Gasteiger partial charge in [0.1, 0.15) is 18.3 Å². The van der Waals surface area contributed by atoms with Crippen molar-refractivity contribution >= 4 is 0 Å². The van der Waals surface area contributed by atoms with Gasteiger partial charge < -0.3 is 34.3 Å². The molecule has 0 spiro atoms. The van der Waals surface area contributed by atoms with Crippen molar-refractivity contribution in [2.45, 2.75) is 120 Å². The van der Waals surface area contributed by atoms with Crippen LogP contribution in [0.3, 0.4) is 0 Å². The lowest BCUT2D eigenvalue weighted by Gasteiger charge is -2.62. The predicted molar refractivity (Wildman–Crippen MR) is 138 cm³/mol. The van der Waals surface area contributed by atoms with Crippen molar-refractivity contribution in [1.29, 1.82) is 0 Å². The Balaban J connectivity index is 1.21. The molecule has 1 aromatic rings. The van der Waals surface area contributed by atoms with Crippen molar-refractivity contribution in [3.8, 4) is 0 Å². The summed E-state index contributed by atoms with van der Waals surface area (Å²) in [4.78, 5) is 11.5. The molecule has 0 bridgehead atoms. The average Bonchev–Trinajstić information content (AvgIpc) is 3.18. The van der Waals surface area contributed by atoms with Gasteiger partial charge >= 0.3 is 5.63 Å². The second kappa shape index (κ2) is 9.25. The number of hydrogen-bond acceptors (Lipinski definition) is 8. The Bertz CT molecular complexity index is 1130. The summed E-state index contributed by atoms with van der Waals surface area (Å²) in [5, 5.41) is 43.0. The number of ether oxygens (including phenoxy) is 2. The topological polar surface area (TPSA) is 130 Å². The Morgan fingerprint density at radius 1 is 0.947 bits per heavy atom. The molecule has 2 heterocycles. The molecular formula is C30H42O8. The standard InChI is InChI=1S/C30H42O8/c1-16-24(32)25(33)26(34)27(37-16)38-19-8-11-28(2)18(14-19)5-6-22-21(28)9-12-29(3)20(10-13-30(22,29)35)17-4-7-23(31)36-15-17/h4,7,14-16,19-22,24-27,32-35H,5-6,8-13H2,1-3H3/t16-,19-,20+,21-,22+,24-,25-,26-,27+,28+,29+,30-/m0/s1. The van der Waals surface area contributed by atoms with E-state index in [0.29, 0.717) is 5.92 Å². The van der Waals surface area contributed by atoms with E-state index in [4.69, 9.17) is 13.9 Å². The molecule has 4 N–H and O–H groups in total. The molecule has 1 aliphatic heterocycles. The molecule has 210 valence electrons. The van der Waals surface area contributed by atoms with E-state index >= 15 is 0 Å². The first-order valence-corrected chi connectivity index (χ1v) is 14.4. The van der Waals surface area contributed by atoms with Gasteiger partial charge in [-0.3, -0.25) is 0 Å². The van der Waals surface area contributed by atoms with Crippen molar-refractivity contribution in [3.63, 3.8) is 0 Å². The van der Waals surface area contributed by atoms with Gasteiger partial charge in [0.2, 0.25) is 0 Å². The first kappa shape index (κ1) is 26.7. The Hall–Kier alpha value is -1.55. The van der Waals surface area contributed by atoms with Crippen LogP contribution in [0.1, 0.15) is 83.6 Å². The van der Waals surface area contributed by atoms with Crippen LogP contribution in [0.25, 0.3) is 0 Å². The Morgan fingerprint density at radius 3 is 2.47 bits per heavy atom. The zero-order valence-electron chi connectivity index (χ0n) is 22.6. The van der Waals surface area contributed by atoms with Crippen molar-refractivity contribution in [2.24, 2.45) is 22.7 Å². The summed E-state index contributed by atoms with van der Waals surface area (Å²) in [5.74, 6) is 0.759. The number of rotatable bonds is 3. The number of aliphatic hydroxyl groups is 4. The van der Waals surface area contributed by atoms with Gasteiger partial charge in [-0.2, -0.15) is 0 Å². The molecule has 0 amide bonds. The maximum Gasteiger partial charge on any atom is 0.335 e. The Morgan fingerprint density at radius 2 is 1.74 bits per heavy atom. The normalized spacial score (nSPS) is 50.5. The molecule has 0 radical (unpaired) electrons. The summed E-state index contributed by atoms with van der Waals surface area (Å²) in [5.41, 5.74) is 0.991. The molecule has 4 aliphatic carbocycles. The molecule has 8 heteroatoms. The number of hydrogen-bond donors (Lipinski definition) is 4. The van der Waals surface area contributed by atoms with Gasteiger partial charge in [-0.05, 0) is 93.1 Å². The summed E-state index contributed by atoms with van der Waals surface area (Å²) in [7, 11) is 0. The van der Waals surface area contributed by atoms with Crippen molar-refractivity contribution < 1.29 is 34.3 Å². The van der Waals surface area contributed by atoms with Crippen LogP contribution >= 0.6 is 0 Å². The maximum absolute atomic E-state index is 12.4. The van der Waals surface area contributed by atoms with Crippen LogP contribution in [0.4, 0.5) is 0 Å². The highest BCUT2D eigenvalue weighted by molar-refractivity contribution is 5.31. The van der Waals surface area contributed by atoms with Crippen molar-refractivity contribution in [2.75, 3.05) is 0 Å². The van der Waals surface area contributed by atoms with Crippen LogP contribution in [-0.2, 0) is 9.47 Å². The van der Waals surface area contributed by atoms with Gasteiger partial charge in [-0.15, -0.1) is 0 Å². The third kappa shape index (κ3) is 3.82. The van der Waals surface area contributed by atoms with E-state index in [2.05, 4.69) is 19.9 Å². The summed E-state index contributed by atoms with van der Waals surface area (Å²) < 4.78 is 17.0. The van der Waals surface area contributed by atoms with Crippen LogP contribution in [0.15, 0.2) is 39.3 Å². The van der Waals surface area contributed by atoms with Crippen LogP contribution in [0.2, 0.25) is 0 Å². The van der Waals surface area contributed by atoms with Gasteiger partial charge in [0.25, 0.3) is 0 Å². The van der Waals surface area contributed by atoms with E-state index in [1.165, 1.54) is 11.6 Å². The molecule has 38 heavy (non-hydrogen) atoms. The fourth-order valence-electron chi connectivity index (χ4n) is 9.17. The highest BCUT2D eigenvalue weighted by Crippen LogP contribution is 2.70. The van der Waals surface area contributed by atoms with Crippen molar-refractivity contribution in [3.05, 3.63) is 46.0 Å². The van der Waals surface area contributed by atoms with E-state index in [0.717, 1.165) is 56.9 Å². The number of allylic oxidation sites excluding steroid dienone is 1. The number of aliphatic hydroxyl groups excluding tert-OH is 3. The second-order valence-corrected chi connectivity index (χ2v) is 13.1. The zero-order valence-corrected chi connectivity index (χ0v) is 22.6. The minimum atomic E-state index is -1.31. The Kier molecular flexibility index (Phi) is 6.49. The first-order valence-electron chi connectivity index (χ1n) is 14.4. The SMILES string of the molecule is C[C@@H]1O[C@H](O[C@@H]2C=C3CC[C@@H]4[C@H](CC[C@]5(C)[C@@H](c6ccc(=O)oc6)CC[C@]45O)[C@]3(C)CC2)[C@@H](O)[C@@H](O)[C@H]1O. The van der Waals surface area contributed by atoms with Gasteiger partial charge in [0.15, 0.2) is 6.29 Å². The lowest BCUT2D eigenvalue weighted by molar-refractivity contribution is -0.301. The molecule has 4 fully saturated rings. The molecule has 12 atom stereocenters. The van der Waals surface area contributed by atoms with Gasteiger partial charge in [0, 0.05) is 11.5 Å². The molecule has 0 unspecified atom stereocenters. The molecule has 5 aliphatic rings. The van der Waals surface area contributed by atoms with Gasteiger partial charge in [0.05, 0.1) is 24.1 Å². The fourth-order valence-corrected chi connectivity index (χ4v) is 9.17. The quantitative estimate of drug-likeness (QED) is 0.439. The van der Waals surface area contributed by atoms with Crippen LogP contribution in [-0.4, -0.2) is 62.8 Å².